The summed E-state index contributed by atoms with van der Waals surface area (Å²) in [4.78, 5) is 14.4. The average Bonchev–Trinajstić information content (AvgIpc) is 2.90. The fourth-order valence-electron chi connectivity index (χ4n) is 3.26. The van der Waals surface area contributed by atoms with Crippen LogP contribution < -0.4 is 10.3 Å². The highest BCUT2D eigenvalue weighted by Crippen LogP contribution is 2.40. The number of nitrogens with zero attached hydrogens (tertiary/aromatic N) is 2. The minimum atomic E-state index is -0.131. The molecule has 1 fully saturated rings. The molecular weight excluding hydrogens is 274 g/mol. The average molecular weight is 297 g/mol. The van der Waals surface area contributed by atoms with E-state index in [0.29, 0.717) is 17.4 Å². The number of carbonyl (C=O) groups is 1. The van der Waals surface area contributed by atoms with Crippen LogP contribution in [0.1, 0.15) is 37.0 Å². The number of rotatable bonds is 5. The Kier molecular flexibility index (Phi) is 4.27. The number of anilines is 1. The lowest BCUT2D eigenvalue weighted by molar-refractivity contribution is 0.0954. The summed E-state index contributed by atoms with van der Waals surface area (Å²) in [5, 5.41) is 4.31. The Morgan fingerprint density at radius 2 is 2.00 bits per heavy atom. The molecule has 1 aromatic carbocycles. The second-order valence-corrected chi connectivity index (χ2v) is 5.90. The number of nitrogens with one attached hydrogen (secondary N) is 1. The van der Waals surface area contributed by atoms with Gasteiger partial charge in [0.1, 0.15) is 0 Å². The van der Waals surface area contributed by atoms with Crippen LogP contribution >= 0.6 is 0 Å². The number of hydrazone groups is 1. The van der Waals surface area contributed by atoms with Crippen LogP contribution in [0.25, 0.3) is 0 Å². The van der Waals surface area contributed by atoms with Crippen molar-refractivity contribution in [3.05, 3.63) is 42.0 Å². The predicted molar refractivity (Wildman–Crippen MR) is 90.3 cm³/mol. The Balaban J connectivity index is 1.59. The summed E-state index contributed by atoms with van der Waals surface area (Å²) < 4.78 is 0. The van der Waals surface area contributed by atoms with Gasteiger partial charge in [-0.1, -0.05) is 12.2 Å². The van der Waals surface area contributed by atoms with Crippen molar-refractivity contribution in [1.29, 1.82) is 0 Å². The summed E-state index contributed by atoms with van der Waals surface area (Å²) in [6, 6.07) is 7.72. The molecule has 0 radical (unpaired) electrons. The van der Waals surface area contributed by atoms with Gasteiger partial charge in [0.05, 0.1) is 0 Å². The summed E-state index contributed by atoms with van der Waals surface area (Å²) in [5.74, 6) is 1.06. The van der Waals surface area contributed by atoms with Crippen LogP contribution in [0.3, 0.4) is 0 Å². The first-order valence-corrected chi connectivity index (χ1v) is 8.11. The van der Waals surface area contributed by atoms with Crippen molar-refractivity contribution in [1.82, 2.24) is 5.43 Å². The first-order chi connectivity index (χ1) is 10.7. The number of carbonyl (C=O) groups excluding carboxylic acids is 1. The Bertz CT molecular complexity index is 599. The van der Waals surface area contributed by atoms with Gasteiger partial charge >= 0.3 is 0 Å². The molecule has 0 saturated heterocycles. The number of benzene rings is 1. The van der Waals surface area contributed by atoms with Gasteiger partial charge in [0.2, 0.25) is 0 Å². The van der Waals surface area contributed by atoms with Gasteiger partial charge in [-0.15, -0.1) is 0 Å². The monoisotopic (exact) mass is 297 g/mol. The molecule has 3 rings (SSSR count). The lowest BCUT2D eigenvalue weighted by Gasteiger charge is -2.31. The minimum Gasteiger partial charge on any atom is -0.372 e. The van der Waals surface area contributed by atoms with Gasteiger partial charge in [0.15, 0.2) is 0 Å². The molecule has 0 unspecified atom stereocenters. The highest BCUT2D eigenvalue weighted by Gasteiger charge is 2.37. The zero-order valence-electron chi connectivity index (χ0n) is 13.2. The molecule has 2 aliphatic carbocycles. The molecule has 1 saturated carbocycles. The van der Waals surface area contributed by atoms with Crippen LogP contribution in [0.4, 0.5) is 5.69 Å². The second kappa shape index (κ2) is 6.34. The van der Waals surface area contributed by atoms with E-state index >= 15 is 0 Å². The number of amides is 1. The molecule has 0 aromatic heterocycles. The maximum absolute atomic E-state index is 12.2. The third-order valence-corrected chi connectivity index (χ3v) is 4.72. The third-order valence-electron chi connectivity index (χ3n) is 4.72. The van der Waals surface area contributed by atoms with Gasteiger partial charge in [-0.3, -0.25) is 4.79 Å². The quantitative estimate of drug-likeness (QED) is 0.670. The van der Waals surface area contributed by atoms with E-state index in [-0.39, 0.29) is 5.91 Å². The first-order valence-electron chi connectivity index (χ1n) is 8.11. The third kappa shape index (κ3) is 2.78. The van der Waals surface area contributed by atoms with Crippen molar-refractivity contribution in [2.45, 2.75) is 26.7 Å². The summed E-state index contributed by atoms with van der Waals surface area (Å²) in [5.41, 5.74) is 5.62. The largest absolute Gasteiger partial charge is 0.372 e. The van der Waals surface area contributed by atoms with E-state index < -0.39 is 0 Å². The minimum absolute atomic E-state index is 0.131. The second-order valence-electron chi connectivity index (χ2n) is 5.90. The van der Waals surface area contributed by atoms with E-state index in [1.54, 1.807) is 0 Å². The summed E-state index contributed by atoms with van der Waals surface area (Å²) in [7, 11) is 0. The van der Waals surface area contributed by atoms with Crippen molar-refractivity contribution in [3.63, 3.8) is 0 Å². The normalized spacial score (nSPS) is 24.0. The van der Waals surface area contributed by atoms with Gasteiger partial charge in [-0.2, -0.15) is 5.10 Å². The summed E-state index contributed by atoms with van der Waals surface area (Å²) >= 11 is 0. The summed E-state index contributed by atoms with van der Waals surface area (Å²) in [6.07, 6.45) is 6.53. The molecule has 0 bridgehead atoms. The van der Waals surface area contributed by atoms with E-state index in [1.165, 1.54) is 0 Å². The predicted octanol–water partition coefficient (Wildman–Crippen LogP) is 3.21. The van der Waals surface area contributed by atoms with Gasteiger partial charge in [-0.25, -0.2) is 5.43 Å². The highest BCUT2D eigenvalue weighted by molar-refractivity contribution is 5.98. The van der Waals surface area contributed by atoms with E-state index in [9.17, 15) is 4.79 Å². The lowest BCUT2D eigenvalue weighted by Crippen LogP contribution is -2.35. The molecule has 2 aliphatic rings. The Hall–Kier alpha value is -2.10. The zero-order chi connectivity index (χ0) is 15.5. The van der Waals surface area contributed by atoms with E-state index in [1.807, 2.05) is 24.3 Å². The molecule has 1 amide bonds. The molecule has 1 N–H and O–H groups in total. The van der Waals surface area contributed by atoms with Crippen LogP contribution in [0.5, 0.6) is 0 Å². The first kappa shape index (κ1) is 14.8. The number of fused-ring (bicyclic) bond motifs is 1. The Morgan fingerprint density at radius 1 is 1.27 bits per heavy atom. The standard InChI is InChI=1S/C18H23N3O/c1-3-21(4-2)15-10-8-13(9-11-15)18(22)20-19-17-12-14-6-5-7-16(14)17/h5-6,8-11,14,16H,3-4,7,12H2,1-2H3,(H,20,22)/b19-17-/t14-,16-/m1/s1. The van der Waals surface area contributed by atoms with E-state index in [0.717, 1.165) is 37.3 Å². The molecule has 116 valence electrons. The fourth-order valence-corrected chi connectivity index (χ4v) is 3.26. The smallest absolute Gasteiger partial charge is 0.271 e. The van der Waals surface area contributed by atoms with Crippen molar-refractivity contribution >= 4 is 17.3 Å². The maximum atomic E-state index is 12.2. The lowest BCUT2D eigenvalue weighted by atomic mass is 9.74. The Labute approximate surface area is 131 Å². The van der Waals surface area contributed by atoms with Crippen LogP contribution in [0.15, 0.2) is 41.5 Å². The van der Waals surface area contributed by atoms with Crippen LogP contribution in [-0.4, -0.2) is 24.7 Å². The van der Waals surface area contributed by atoms with E-state index in [2.05, 4.69) is 41.4 Å². The van der Waals surface area contributed by atoms with Gasteiger partial charge in [0.25, 0.3) is 5.91 Å². The zero-order valence-corrected chi connectivity index (χ0v) is 13.2. The summed E-state index contributed by atoms with van der Waals surface area (Å²) in [6.45, 7) is 6.19. The topological polar surface area (TPSA) is 44.7 Å². The molecule has 1 aromatic rings. The van der Waals surface area contributed by atoms with Crippen molar-refractivity contribution in [3.8, 4) is 0 Å². The molecule has 2 atom stereocenters. The number of hydrogen-bond donors (Lipinski definition) is 1. The molecule has 4 heteroatoms. The number of hydrogen-bond acceptors (Lipinski definition) is 3. The van der Waals surface area contributed by atoms with E-state index in [4.69, 9.17) is 0 Å². The van der Waals surface area contributed by atoms with Gasteiger partial charge < -0.3 is 4.90 Å². The molecular formula is C18H23N3O. The highest BCUT2D eigenvalue weighted by atomic mass is 16.2. The maximum Gasteiger partial charge on any atom is 0.271 e. The molecule has 22 heavy (non-hydrogen) atoms. The van der Waals surface area contributed by atoms with Crippen LogP contribution in [0, 0.1) is 11.8 Å². The van der Waals surface area contributed by atoms with Crippen molar-refractivity contribution in [2.75, 3.05) is 18.0 Å². The van der Waals surface area contributed by atoms with Crippen molar-refractivity contribution < 1.29 is 4.79 Å². The Morgan fingerprint density at radius 3 is 2.64 bits per heavy atom. The number of allylic oxidation sites excluding steroid dienone is 2. The molecule has 4 nitrogen and oxygen atoms in total. The van der Waals surface area contributed by atoms with Crippen LogP contribution in [-0.2, 0) is 0 Å². The molecule has 0 aliphatic heterocycles. The molecule has 0 spiro atoms. The van der Waals surface area contributed by atoms with Crippen molar-refractivity contribution in [2.24, 2.45) is 16.9 Å². The van der Waals surface area contributed by atoms with Crippen LogP contribution in [0.2, 0.25) is 0 Å². The van der Waals surface area contributed by atoms with Gasteiger partial charge in [0, 0.05) is 36.0 Å². The SMILES string of the molecule is CCN(CC)c1ccc(C(=O)N/N=C2/C[C@H]3C=CC[C@@H]23)cc1. The fraction of sp³-hybridized carbons (Fsp3) is 0.444. The van der Waals surface area contributed by atoms with Gasteiger partial charge in [-0.05, 0) is 56.9 Å². The molecule has 0 heterocycles.